The monoisotopic (exact) mass is 1140 g/mol. The van der Waals surface area contributed by atoms with Crippen molar-refractivity contribution in [2.75, 3.05) is 66.3 Å². The highest BCUT2D eigenvalue weighted by atomic mass is 31.2. The van der Waals surface area contributed by atoms with Crippen LogP contribution >= 0.6 is 7.82 Å². The van der Waals surface area contributed by atoms with Gasteiger partial charge in [0.1, 0.15) is 25.0 Å². The molecule has 0 bridgehead atoms. The van der Waals surface area contributed by atoms with E-state index < -0.39 is 62.4 Å². The number of carbonyl (C=O) groups excluding carboxylic acids is 4. The SMILES string of the molecule is CCCCNC(=O)CCC(CC(CC(CCCCCCCCCCCCCCCCCOC[C@H]1O[C@@H](n2ccc3c(=O)[nH]c(N)nc32)C[C@H]1OP(=O)(O)OC)C(=O)NCC(=O)O)C(=O)NCCN(C)C)C(=O)NCc1ccccc1. The normalized spacial score (nSPS) is 17.2. The molecular weight excluding hydrogens is 1050 g/mol. The summed E-state index contributed by atoms with van der Waals surface area (Å²) in [6.07, 6.45) is 18.7. The zero-order chi connectivity index (χ0) is 58.1. The average Bonchev–Trinajstić information content (AvgIpc) is 4.04. The van der Waals surface area contributed by atoms with E-state index in [9.17, 15) is 43.3 Å². The van der Waals surface area contributed by atoms with Crippen LogP contribution < -0.4 is 32.6 Å². The van der Waals surface area contributed by atoms with E-state index in [1.54, 1.807) is 16.8 Å². The standard InChI is InChI=1S/C57H94N9O13P/c1-5-6-31-59-49(67)29-28-44(54(71)61-39-42-25-21-20-22-26-42)37-45(55(72)60-32-34-65(2)3)36-43(53(70)62-40-51(68)69)27-23-18-16-14-12-10-8-7-9-11-13-15-17-19-24-35-77-41-48-47(79-80(74,75)76-4)38-50(78-48)66-33-30-46-52(66)63-57(58)64-56(46)73/h20-22,25-26,30,33,43-45,47-48,50H,5-19,23-24,27-29,31-32,34-41H2,1-4H3,(H,59,67)(H,60,72)(H,61,71)(H,62,70)(H,68,69)(H,74,75)(H3,58,63,64,73)/t43?,44?,45?,47-,48-,50-/m1/s1. The van der Waals surface area contributed by atoms with Crippen molar-refractivity contribution in [3.8, 4) is 0 Å². The van der Waals surface area contributed by atoms with Gasteiger partial charge in [0.25, 0.3) is 5.56 Å². The summed E-state index contributed by atoms with van der Waals surface area (Å²) in [6.45, 7) is 3.96. The molecule has 2 aromatic heterocycles. The number of carboxylic acid groups (broad SMARTS) is 1. The molecule has 0 saturated carbocycles. The number of benzene rings is 1. The Morgan fingerprint density at radius 2 is 1.41 bits per heavy atom. The van der Waals surface area contributed by atoms with Gasteiger partial charge in [-0.2, -0.15) is 4.98 Å². The van der Waals surface area contributed by atoms with Crippen molar-refractivity contribution in [1.29, 1.82) is 0 Å². The van der Waals surface area contributed by atoms with E-state index in [4.69, 9.17) is 19.7 Å². The Labute approximate surface area is 472 Å². The third-order valence-corrected chi connectivity index (χ3v) is 15.6. The van der Waals surface area contributed by atoms with Gasteiger partial charge >= 0.3 is 13.8 Å². The number of rotatable bonds is 44. The first kappa shape index (κ1) is 67.3. The lowest BCUT2D eigenvalue weighted by Crippen LogP contribution is -2.41. The number of aromatic amines is 1. The number of hydrogen-bond donors (Lipinski definition) is 8. The summed E-state index contributed by atoms with van der Waals surface area (Å²) in [4.78, 5) is 96.9. The lowest BCUT2D eigenvalue weighted by atomic mass is 9.82. The molecule has 4 amide bonds. The number of unbranched alkanes of at least 4 members (excludes halogenated alkanes) is 15. The molecule has 0 spiro atoms. The second kappa shape index (κ2) is 37.7. The summed E-state index contributed by atoms with van der Waals surface area (Å²) >= 11 is 0. The van der Waals surface area contributed by atoms with Gasteiger partial charge in [-0.1, -0.05) is 134 Å². The number of amides is 4. The van der Waals surface area contributed by atoms with Crippen molar-refractivity contribution in [1.82, 2.24) is 40.7 Å². The van der Waals surface area contributed by atoms with Crippen LogP contribution in [0.25, 0.3) is 11.0 Å². The molecule has 4 unspecified atom stereocenters. The number of H-pyrrole nitrogens is 1. The smallest absolute Gasteiger partial charge is 0.472 e. The fourth-order valence-electron chi connectivity index (χ4n) is 10.0. The molecule has 1 saturated heterocycles. The first-order valence-electron chi connectivity index (χ1n) is 29.2. The largest absolute Gasteiger partial charge is 0.480 e. The minimum atomic E-state index is -4.32. The Hall–Kier alpha value is -5.22. The maximum atomic E-state index is 14.0. The maximum Gasteiger partial charge on any atom is 0.472 e. The van der Waals surface area contributed by atoms with Crippen LogP contribution in [-0.2, 0) is 53.6 Å². The molecule has 7 atom stereocenters. The van der Waals surface area contributed by atoms with Crippen molar-refractivity contribution < 1.29 is 57.1 Å². The summed E-state index contributed by atoms with van der Waals surface area (Å²) in [6, 6.07) is 11.1. The van der Waals surface area contributed by atoms with Crippen molar-refractivity contribution in [3.63, 3.8) is 0 Å². The van der Waals surface area contributed by atoms with Crippen LogP contribution in [0.4, 0.5) is 5.95 Å². The number of phosphoric ester groups is 1. The number of aromatic nitrogens is 3. The van der Waals surface area contributed by atoms with Gasteiger partial charge < -0.3 is 55.9 Å². The Morgan fingerprint density at radius 1 is 0.812 bits per heavy atom. The second-order valence-electron chi connectivity index (χ2n) is 21.5. The van der Waals surface area contributed by atoms with Gasteiger partial charge in [-0.25, -0.2) is 4.57 Å². The van der Waals surface area contributed by atoms with Crippen LogP contribution in [0.2, 0.25) is 0 Å². The van der Waals surface area contributed by atoms with E-state index in [-0.39, 0.29) is 74.5 Å². The molecule has 3 aromatic rings. The number of likely N-dealkylation sites (N-methyl/N-ethyl adjacent to an activating group) is 1. The predicted molar refractivity (Wildman–Crippen MR) is 307 cm³/mol. The summed E-state index contributed by atoms with van der Waals surface area (Å²) in [5.41, 5.74) is 6.65. The molecule has 1 aromatic carbocycles. The number of aliphatic carboxylic acids is 1. The van der Waals surface area contributed by atoms with E-state index in [2.05, 4.69) is 35.8 Å². The van der Waals surface area contributed by atoms with Crippen molar-refractivity contribution in [2.45, 2.75) is 180 Å². The van der Waals surface area contributed by atoms with Crippen LogP contribution in [0.15, 0.2) is 47.4 Å². The number of carbonyl (C=O) groups is 5. The third-order valence-electron chi connectivity index (χ3n) is 14.6. The number of nitrogens with one attached hydrogen (secondary N) is 5. The van der Waals surface area contributed by atoms with Gasteiger partial charge in [-0.3, -0.25) is 42.8 Å². The first-order chi connectivity index (χ1) is 38.5. The van der Waals surface area contributed by atoms with Crippen LogP contribution in [-0.4, -0.2) is 132 Å². The van der Waals surface area contributed by atoms with Gasteiger partial charge in [0, 0.05) is 76.7 Å². The number of nitrogens with two attached hydrogens (primary N) is 1. The van der Waals surface area contributed by atoms with Crippen molar-refractivity contribution in [2.24, 2.45) is 17.8 Å². The molecule has 22 nitrogen and oxygen atoms in total. The molecule has 23 heteroatoms. The number of fused-ring (bicyclic) bond motifs is 1. The van der Waals surface area contributed by atoms with E-state index in [0.29, 0.717) is 43.7 Å². The quantitative estimate of drug-likeness (QED) is 0.0201. The molecular formula is C57H94N9O13P. The molecule has 3 heterocycles. The molecule has 9 N–H and O–H groups in total. The number of nitrogen functional groups attached to an aromatic ring is 1. The summed E-state index contributed by atoms with van der Waals surface area (Å²) < 4.78 is 36.2. The Balaban J connectivity index is 1.14. The number of anilines is 1. The fourth-order valence-corrected chi connectivity index (χ4v) is 10.7. The van der Waals surface area contributed by atoms with Crippen LogP contribution in [0, 0.1) is 17.8 Å². The van der Waals surface area contributed by atoms with Crippen LogP contribution in [0.3, 0.4) is 0 Å². The molecule has 4 rings (SSSR count). The van der Waals surface area contributed by atoms with Crippen LogP contribution in [0.5, 0.6) is 0 Å². The molecule has 1 fully saturated rings. The molecule has 0 aliphatic carbocycles. The topological polar surface area (TPSA) is 308 Å². The molecule has 1 aliphatic rings. The average molecular weight is 1140 g/mol. The van der Waals surface area contributed by atoms with Crippen LogP contribution in [0.1, 0.15) is 166 Å². The first-order valence-corrected chi connectivity index (χ1v) is 30.7. The highest BCUT2D eigenvalue weighted by molar-refractivity contribution is 7.47. The van der Waals surface area contributed by atoms with Gasteiger partial charge in [-0.05, 0) is 64.3 Å². The highest BCUT2D eigenvalue weighted by Gasteiger charge is 2.42. The Morgan fingerprint density at radius 3 is 2.02 bits per heavy atom. The Bertz CT molecular complexity index is 2410. The molecule has 80 heavy (non-hydrogen) atoms. The molecule has 0 radical (unpaired) electrons. The van der Waals surface area contributed by atoms with Gasteiger partial charge in [0.05, 0.1) is 12.0 Å². The summed E-state index contributed by atoms with van der Waals surface area (Å²) in [7, 11) is 0.588. The number of nitrogens with zero attached hydrogens (tertiary/aromatic N) is 3. The van der Waals surface area contributed by atoms with E-state index >= 15 is 0 Å². The van der Waals surface area contributed by atoms with E-state index in [0.717, 1.165) is 89.7 Å². The predicted octanol–water partition coefficient (Wildman–Crippen LogP) is 7.50. The second-order valence-corrected chi connectivity index (χ2v) is 23.0. The highest BCUT2D eigenvalue weighted by Crippen LogP contribution is 2.48. The number of phosphoric acid groups is 1. The number of hydrogen-bond acceptors (Lipinski definition) is 14. The van der Waals surface area contributed by atoms with Gasteiger partial charge in [-0.15, -0.1) is 0 Å². The van der Waals surface area contributed by atoms with Gasteiger partial charge in [0.15, 0.2) is 5.65 Å². The number of carboxylic acids is 1. The molecule has 1 aliphatic heterocycles. The Kier molecular flexibility index (Phi) is 31.7. The minimum absolute atomic E-state index is 0.0363. The van der Waals surface area contributed by atoms with Crippen molar-refractivity contribution in [3.05, 3.63) is 58.5 Å². The zero-order valence-corrected chi connectivity index (χ0v) is 48.9. The third kappa shape index (κ3) is 26.1. The summed E-state index contributed by atoms with van der Waals surface area (Å²) in [5.74, 6) is -4.38. The maximum absolute atomic E-state index is 14.0. The zero-order valence-electron chi connectivity index (χ0n) is 48.0. The van der Waals surface area contributed by atoms with E-state index in [1.165, 1.54) is 32.1 Å². The number of ether oxygens (including phenoxy) is 2. The summed E-state index contributed by atoms with van der Waals surface area (Å²) in [5, 5.41) is 21.2. The lowest BCUT2D eigenvalue weighted by molar-refractivity contribution is -0.139. The fraction of sp³-hybridized carbons (Fsp3) is 0.702. The van der Waals surface area contributed by atoms with Gasteiger partial charge in [0.2, 0.25) is 29.6 Å². The molecule has 450 valence electrons. The minimum Gasteiger partial charge on any atom is -0.480 e. The van der Waals surface area contributed by atoms with E-state index in [1.807, 2.05) is 56.3 Å². The lowest BCUT2D eigenvalue weighted by Gasteiger charge is -2.26. The van der Waals surface area contributed by atoms with Crippen molar-refractivity contribution >= 4 is 54.4 Å².